The first-order valence-corrected chi connectivity index (χ1v) is 8.62. The summed E-state index contributed by atoms with van der Waals surface area (Å²) in [7, 11) is 1.25. The maximum atomic E-state index is 12.0. The zero-order valence-corrected chi connectivity index (χ0v) is 14.7. The third kappa shape index (κ3) is 3.61. The van der Waals surface area contributed by atoms with Crippen molar-refractivity contribution in [2.24, 2.45) is 11.8 Å². The summed E-state index contributed by atoms with van der Waals surface area (Å²) >= 11 is 0. The second-order valence-electron chi connectivity index (χ2n) is 6.71. The minimum atomic E-state index is -1.59. The van der Waals surface area contributed by atoms with Gasteiger partial charge in [0.25, 0.3) is 0 Å². The third-order valence-electron chi connectivity index (χ3n) is 5.24. The molecule has 0 saturated carbocycles. The van der Waals surface area contributed by atoms with Crippen LogP contribution >= 0.6 is 0 Å². The highest BCUT2D eigenvalue weighted by molar-refractivity contribution is 5.89. The summed E-state index contributed by atoms with van der Waals surface area (Å²) in [5, 5.41) is 48.8. The minimum Gasteiger partial charge on any atom is -0.471 e. The summed E-state index contributed by atoms with van der Waals surface area (Å²) in [6, 6.07) is 0. The number of allylic oxidation sites excluding steroid dienone is 1. The monoisotopic (exact) mass is 388 g/mol. The molecule has 0 aromatic carbocycles. The van der Waals surface area contributed by atoms with Crippen LogP contribution in [0.3, 0.4) is 0 Å². The van der Waals surface area contributed by atoms with Crippen LogP contribution in [0.15, 0.2) is 23.5 Å². The van der Waals surface area contributed by atoms with E-state index in [-0.39, 0.29) is 12.5 Å². The lowest BCUT2D eigenvalue weighted by Crippen LogP contribution is -2.60. The van der Waals surface area contributed by atoms with Gasteiger partial charge in [-0.05, 0) is 12.0 Å². The van der Waals surface area contributed by atoms with Crippen LogP contribution in [-0.4, -0.2) is 88.8 Å². The molecule has 6 unspecified atom stereocenters. The normalized spacial score (nSPS) is 41.3. The van der Waals surface area contributed by atoms with E-state index in [1.54, 1.807) is 6.08 Å². The van der Waals surface area contributed by atoms with Gasteiger partial charge in [-0.2, -0.15) is 0 Å². The number of aliphatic hydroxyl groups excluding tert-OH is 5. The molecule has 0 spiro atoms. The molecule has 0 bridgehead atoms. The van der Waals surface area contributed by atoms with Crippen molar-refractivity contribution in [1.82, 2.24) is 0 Å². The van der Waals surface area contributed by atoms with E-state index in [1.165, 1.54) is 13.4 Å². The fourth-order valence-corrected chi connectivity index (χ4v) is 3.73. The van der Waals surface area contributed by atoms with Gasteiger partial charge < -0.3 is 44.5 Å². The Morgan fingerprint density at radius 2 is 1.93 bits per heavy atom. The number of fused-ring (bicyclic) bond motifs is 1. The van der Waals surface area contributed by atoms with Gasteiger partial charge in [-0.15, -0.1) is 0 Å². The average Bonchev–Trinajstić information content (AvgIpc) is 3.12. The van der Waals surface area contributed by atoms with Crippen LogP contribution in [0, 0.1) is 11.8 Å². The van der Waals surface area contributed by atoms with Gasteiger partial charge in [0.1, 0.15) is 24.4 Å². The van der Waals surface area contributed by atoms with Crippen LogP contribution in [0.1, 0.15) is 6.42 Å². The molecule has 0 aromatic rings. The third-order valence-corrected chi connectivity index (χ3v) is 5.24. The van der Waals surface area contributed by atoms with Crippen molar-refractivity contribution >= 4 is 5.97 Å². The molecule has 3 rings (SSSR count). The standard InChI is InChI=1S/C17H24O10/c1-24-15(23)9-6-25-16(11-7(4-18)2-3-8(9)11)27-17-14(22)13(21)12(20)10(5-19)26-17/h2,6,8,10-14,16-22H,3-5H2,1H3/t8-,10?,11-,12?,13?,14?,16?,17?/m0/s1. The lowest BCUT2D eigenvalue weighted by Gasteiger charge is -2.42. The van der Waals surface area contributed by atoms with Crippen LogP contribution in [0.4, 0.5) is 0 Å². The molecule has 0 amide bonds. The fraction of sp³-hybridized carbons (Fsp3) is 0.706. The molecular weight excluding hydrogens is 364 g/mol. The van der Waals surface area contributed by atoms with Gasteiger partial charge in [0, 0.05) is 5.92 Å². The van der Waals surface area contributed by atoms with Crippen molar-refractivity contribution in [2.45, 2.75) is 43.4 Å². The number of esters is 1. The Labute approximate surface area is 155 Å². The van der Waals surface area contributed by atoms with Crippen LogP contribution in [0.2, 0.25) is 0 Å². The Morgan fingerprint density at radius 1 is 1.19 bits per heavy atom. The number of carbonyl (C=O) groups excluding carboxylic acids is 1. The van der Waals surface area contributed by atoms with Gasteiger partial charge in [0.05, 0.1) is 38.1 Å². The molecule has 1 fully saturated rings. The smallest absolute Gasteiger partial charge is 0.337 e. The molecule has 0 radical (unpaired) electrons. The summed E-state index contributed by atoms with van der Waals surface area (Å²) in [6.45, 7) is -0.857. The predicted molar refractivity (Wildman–Crippen MR) is 86.6 cm³/mol. The predicted octanol–water partition coefficient (Wildman–Crippen LogP) is -2.23. The first-order valence-electron chi connectivity index (χ1n) is 8.62. The quantitative estimate of drug-likeness (QED) is 0.258. The fourth-order valence-electron chi connectivity index (χ4n) is 3.73. The number of rotatable bonds is 5. The summed E-state index contributed by atoms with van der Waals surface area (Å²) in [4.78, 5) is 12.0. The van der Waals surface area contributed by atoms with E-state index in [0.29, 0.717) is 17.6 Å². The minimum absolute atomic E-state index is 0.270. The van der Waals surface area contributed by atoms with Crippen molar-refractivity contribution in [1.29, 1.82) is 0 Å². The van der Waals surface area contributed by atoms with Gasteiger partial charge in [-0.3, -0.25) is 0 Å². The van der Waals surface area contributed by atoms with Gasteiger partial charge in [-0.25, -0.2) is 4.79 Å². The van der Waals surface area contributed by atoms with Crippen LogP contribution in [0.25, 0.3) is 0 Å². The van der Waals surface area contributed by atoms with E-state index in [2.05, 4.69) is 0 Å². The highest BCUT2D eigenvalue weighted by Gasteiger charge is 2.49. The zero-order valence-electron chi connectivity index (χ0n) is 14.7. The van der Waals surface area contributed by atoms with E-state index < -0.39 is 55.5 Å². The number of aliphatic hydroxyl groups is 5. The average molecular weight is 388 g/mol. The van der Waals surface area contributed by atoms with Crippen molar-refractivity contribution in [3.63, 3.8) is 0 Å². The topological polar surface area (TPSA) is 155 Å². The van der Waals surface area contributed by atoms with E-state index in [4.69, 9.17) is 18.9 Å². The van der Waals surface area contributed by atoms with Gasteiger partial charge in [0.2, 0.25) is 6.29 Å². The Morgan fingerprint density at radius 3 is 2.56 bits per heavy atom. The highest BCUT2D eigenvalue weighted by atomic mass is 16.8. The van der Waals surface area contributed by atoms with Crippen LogP contribution in [-0.2, 0) is 23.7 Å². The summed E-state index contributed by atoms with van der Waals surface area (Å²) in [6.07, 6.45) is -4.73. The molecule has 8 atom stereocenters. The lowest BCUT2D eigenvalue weighted by molar-refractivity contribution is -0.339. The Bertz CT molecular complexity index is 615. The molecule has 152 valence electrons. The zero-order chi connectivity index (χ0) is 19.7. The molecule has 0 aromatic heterocycles. The number of carbonyl (C=O) groups is 1. The first-order chi connectivity index (χ1) is 12.9. The molecule has 2 heterocycles. The number of ether oxygens (including phenoxy) is 4. The molecule has 10 heteroatoms. The Kier molecular flexibility index (Phi) is 6.16. The summed E-state index contributed by atoms with van der Waals surface area (Å²) in [5.41, 5.74) is 0.903. The Balaban J connectivity index is 1.80. The van der Waals surface area contributed by atoms with E-state index in [0.717, 1.165) is 0 Å². The SMILES string of the molecule is COC(=O)C1=COC(OC2OC(CO)C(O)C(O)C2O)[C@H]2C(CO)=CC[C@@H]12. The van der Waals surface area contributed by atoms with Gasteiger partial charge in [-0.1, -0.05) is 6.08 Å². The summed E-state index contributed by atoms with van der Waals surface area (Å²) < 4.78 is 21.3. The molecule has 27 heavy (non-hydrogen) atoms. The van der Waals surface area contributed by atoms with E-state index in [1.807, 2.05) is 0 Å². The van der Waals surface area contributed by atoms with E-state index >= 15 is 0 Å². The Hall–Kier alpha value is -1.53. The number of methoxy groups -OCH3 is 1. The molecule has 1 saturated heterocycles. The molecular formula is C17H24O10. The van der Waals surface area contributed by atoms with Crippen LogP contribution < -0.4 is 0 Å². The largest absolute Gasteiger partial charge is 0.471 e. The van der Waals surface area contributed by atoms with Gasteiger partial charge >= 0.3 is 5.97 Å². The maximum absolute atomic E-state index is 12.0. The number of hydrogen-bond donors (Lipinski definition) is 5. The lowest BCUT2D eigenvalue weighted by atomic mass is 9.83. The molecule has 5 N–H and O–H groups in total. The molecule has 1 aliphatic carbocycles. The second kappa shape index (κ2) is 8.23. The van der Waals surface area contributed by atoms with Crippen molar-refractivity contribution < 1.29 is 49.3 Å². The number of hydrogen-bond acceptors (Lipinski definition) is 10. The van der Waals surface area contributed by atoms with Gasteiger partial charge in [0.15, 0.2) is 6.29 Å². The molecule has 10 nitrogen and oxygen atoms in total. The van der Waals surface area contributed by atoms with E-state index in [9.17, 15) is 30.3 Å². The van der Waals surface area contributed by atoms with Crippen molar-refractivity contribution in [3.05, 3.63) is 23.5 Å². The van der Waals surface area contributed by atoms with Crippen molar-refractivity contribution in [3.8, 4) is 0 Å². The van der Waals surface area contributed by atoms with Crippen molar-refractivity contribution in [2.75, 3.05) is 20.3 Å². The second-order valence-corrected chi connectivity index (χ2v) is 6.71. The highest BCUT2D eigenvalue weighted by Crippen LogP contribution is 2.44. The molecule has 2 aliphatic heterocycles. The summed E-state index contributed by atoms with van der Waals surface area (Å²) in [5.74, 6) is -1.42. The maximum Gasteiger partial charge on any atom is 0.337 e. The van der Waals surface area contributed by atoms with Crippen LogP contribution in [0.5, 0.6) is 0 Å². The first kappa shape index (κ1) is 20.2. The molecule has 3 aliphatic rings.